The zero-order valence-corrected chi connectivity index (χ0v) is 11.5. The van der Waals surface area contributed by atoms with Crippen LogP contribution in [-0.2, 0) is 18.2 Å². The van der Waals surface area contributed by atoms with E-state index in [4.69, 9.17) is 4.74 Å². The minimum atomic E-state index is 0.264. The maximum atomic E-state index is 5.86. The SMILES string of the molecule is CCCNC(Cc1nnn(C)n1)C1OCCC1C. The second-order valence-corrected chi connectivity index (χ2v) is 5.06. The Hall–Kier alpha value is -1.01. The molecule has 1 fully saturated rings. The van der Waals surface area contributed by atoms with E-state index in [1.54, 1.807) is 7.05 Å². The molecule has 0 amide bonds. The molecule has 2 heterocycles. The summed E-state index contributed by atoms with van der Waals surface area (Å²) < 4.78 is 5.86. The Balaban J connectivity index is 2.00. The van der Waals surface area contributed by atoms with Gasteiger partial charge in [-0.3, -0.25) is 0 Å². The van der Waals surface area contributed by atoms with Gasteiger partial charge in [0.1, 0.15) is 0 Å². The number of nitrogens with zero attached hydrogens (tertiary/aromatic N) is 4. The minimum absolute atomic E-state index is 0.264. The summed E-state index contributed by atoms with van der Waals surface area (Å²) >= 11 is 0. The molecule has 0 aliphatic carbocycles. The molecular formula is C12H23N5O. The van der Waals surface area contributed by atoms with Gasteiger partial charge in [0.15, 0.2) is 5.82 Å². The van der Waals surface area contributed by atoms with Gasteiger partial charge in [0.25, 0.3) is 0 Å². The maximum absolute atomic E-state index is 5.86. The standard InChI is InChI=1S/C12H23N5O/c1-4-6-13-10(12-9(2)5-7-18-12)8-11-14-16-17(3)15-11/h9-10,12-13H,4-8H2,1-3H3. The van der Waals surface area contributed by atoms with Crippen LogP contribution in [0.1, 0.15) is 32.5 Å². The molecule has 2 rings (SSSR count). The first-order valence-corrected chi connectivity index (χ1v) is 6.78. The van der Waals surface area contributed by atoms with E-state index in [9.17, 15) is 0 Å². The molecule has 1 aliphatic heterocycles. The summed E-state index contributed by atoms with van der Waals surface area (Å²) in [6.45, 7) is 6.29. The molecule has 1 N–H and O–H groups in total. The zero-order chi connectivity index (χ0) is 13.0. The van der Waals surface area contributed by atoms with Crippen molar-refractivity contribution in [2.45, 2.75) is 45.3 Å². The first kappa shape index (κ1) is 13.4. The molecule has 102 valence electrons. The predicted molar refractivity (Wildman–Crippen MR) is 68.1 cm³/mol. The van der Waals surface area contributed by atoms with Gasteiger partial charge in [0.2, 0.25) is 0 Å². The van der Waals surface area contributed by atoms with E-state index in [0.29, 0.717) is 5.92 Å². The number of hydrogen-bond donors (Lipinski definition) is 1. The molecule has 1 saturated heterocycles. The van der Waals surface area contributed by atoms with Crippen molar-refractivity contribution in [3.63, 3.8) is 0 Å². The van der Waals surface area contributed by atoms with E-state index < -0.39 is 0 Å². The highest BCUT2D eigenvalue weighted by atomic mass is 16.5. The van der Waals surface area contributed by atoms with Gasteiger partial charge in [-0.25, -0.2) is 0 Å². The van der Waals surface area contributed by atoms with Crippen LogP contribution in [-0.4, -0.2) is 45.5 Å². The van der Waals surface area contributed by atoms with Crippen LogP contribution in [0.4, 0.5) is 0 Å². The fourth-order valence-electron chi connectivity index (χ4n) is 2.47. The lowest BCUT2D eigenvalue weighted by molar-refractivity contribution is 0.0604. The van der Waals surface area contributed by atoms with E-state index in [0.717, 1.165) is 38.2 Å². The van der Waals surface area contributed by atoms with Crippen LogP contribution in [0.5, 0.6) is 0 Å². The van der Waals surface area contributed by atoms with Gasteiger partial charge in [-0.15, -0.1) is 10.2 Å². The fourth-order valence-corrected chi connectivity index (χ4v) is 2.47. The third-order valence-electron chi connectivity index (χ3n) is 3.45. The van der Waals surface area contributed by atoms with Gasteiger partial charge in [0.05, 0.1) is 13.2 Å². The molecule has 0 bridgehead atoms. The number of tetrazole rings is 1. The quantitative estimate of drug-likeness (QED) is 0.802. The summed E-state index contributed by atoms with van der Waals surface area (Å²) in [5.74, 6) is 1.38. The molecule has 0 radical (unpaired) electrons. The Labute approximate surface area is 108 Å². The Morgan fingerprint density at radius 3 is 2.94 bits per heavy atom. The summed E-state index contributed by atoms with van der Waals surface area (Å²) in [7, 11) is 1.79. The third-order valence-corrected chi connectivity index (χ3v) is 3.45. The second-order valence-electron chi connectivity index (χ2n) is 5.06. The molecule has 0 saturated carbocycles. The smallest absolute Gasteiger partial charge is 0.176 e. The first-order valence-electron chi connectivity index (χ1n) is 6.78. The lowest BCUT2D eigenvalue weighted by Crippen LogP contribution is -2.44. The van der Waals surface area contributed by atoms with Crippen LogP contribution in [0.25, 0.3) is 0 Å². The lowest BCUT2D eigenvalue weighted by Gasteiger charge is -2.26. The molecule has 3 atom stereocenters. The summed E-state index contributed by atoms with van der Waals surface area (Å²) in [6.07, 6.45) is 3.30. The topological polar surface area (TPSA) is 64.9 Å². The van der Waals surface area contributed by atoms with Crippen LogP contribution in [0, 0.1) is 5.92 Å². The summed E-state index contributed by atoms with van der Waals surface area (Å²) in [6, 6.07) is 0.284. The third kappa shape index (κ3) is 3.26. The Morgan fingerprint density at radius 1 is 1.56 bits per heavy atom. The second kappa shape index (κ2) is 6.24. The number of aryl methyl sites for hydroxylation is 1. The molecule has 0 aromatic carbocycles. The molecular weight excluding hydrogens is 230 g/mol. The van der Waals surface area contributed by atoms with Crippen molar-refractivity contribution in [3.05, 3.63) is 5.82 Å². The Morgan fingerprint density at radius 2 is 2.39 bits per heavy atom. The van der Waals surface area contributed by atoms with E-state index in [1.165, 1.54) is 4.80 Å². The molecule has 18 heavy (non-hydrogen) atoms. The summed E-state index contributed by atoms with van der Waals surface area (Å²) in [5.41, 5.74) is 0. The normalized spacial score (nSPS) is 25.5. The van der Waals surface area contributed by atoms with Crippen molar-refractivity contribution >= 4 is 0 Å². The first-order chi connectivity index (χ1) is 8.70. The molecule has 6 heteroatoms. The largest absolute Gasteiger partial charge is 0.376 e. The predicted octanol–water partition coefficient (Wildman–Crippen LogP) is 0.546. The fraction of sp³-hybridized carbons (Fsp3) is 0.917. The molecule has 3 unspecified atom stereocenters. The van der Waals surface area contributed by atoms with Crippen molar-refractivity contribution in [3.8, 4) is 0 Å². The van der Waals surface area contributed by atoms with Crippen molar-refractivity contribution in [1.29, 1.82) is 0 Å². The van der Waals surface area contributed by atoms with Crippen LogP contribution >= 0.6 is 0 Å². The number of aromatic nitrogens is 4. The average molecular weight is 253 g/mol. The molecule has 6 nitrogen and oxygen atoms in total. The van der Waals surface area contributed by atoms with Crippen molar-refractivity contribution in [1.82, 2.24) is 25.5 Å². The average Bonchev–Trinajstić information content (AvgIpc) is 2.93. The van der Waals surface area contributed by atoms with Gasteiger partial charge in [-0.2, -0.15) is 4.80 Å². The van der Waals surface area contributed by atoms with E-state index >= 15 is 0 Å². The highest BCUT2D eigenvalue weighted by molar-refractivity contribution is 4.92. The number of ether oxygens (including phenoxy) is 1. The molecule has 1 aliphatic rings. The van der Waals surface area contributed by atoms with Crippen LogP contribution in [0.3, 0.4) is 0 Å². The van der Waals surface area contributed by atoms with E-state index in [1.807, 2.05) is 0 Å². The van der Waals surface area contributed by atoms with Crippen molar-refractivity contribution in [2.24, 2.45) is 13.0 Å². The summed E-state index contributed by atoms with van der Waals surface area (Å²) in [4.78, 5) is 1.51. The Bertz CT molecular complexity index is 367. The zero-order valence-electron chi connectivity index (χ0n) is 11.5. The van der Waals surface area contributed by atoms with Gasteiger partial charge >= 0.3 is 0 Å². The monoisotopic (exact) mass is 253 g/mol. The van der Waals surface area contributed by atoms with Gasteiger partial charge in [-0.1, -0.05) is 13.8 Å². The lowest BCUT2D eigenvalue weighted by atomic mass is 9.95. The van der Waals surface area contributed by atoms with E-state index in [-0.39, 0.29) is 12.1 Å². The molecule has 0 spiro atoms. The van der Waals surface area contributed by atoms with Crippen molar-refractivity contribution in [2.75, 3.05) is 13.2 Å². The van der Waals surface area contributed by atoms with Crippen LogP contribution in [0.15, 0.2) is 0 Å². The van der Waals surface area contributed by atoms with Crippen molar-refractivity contribution < 1.29 is 4.74 Å². The van der Waals surface area contributed by atoms with Gasteiger partial charge in [-0.05, 0) is 30.5 Å². The highest BCUT2D eigenvalue weighted by Crippen LogP contribution is 2.24. The maximum Gasteiger partial charge on any atom is 0.176 e. The number of nitrogens with one attached hydrogen (secondary N) is 1. The van der Waals surface area contributed by atoms with Gasteiger partial charge < -0.3 is 10.1 Å². The summed E-state index contributed by atoms with van der Waals surface area (Å²) in [5, 5.41) is 15.8. The minimum Gasteiger partial charge on any atom is -0.376 e. The Kier molecular flexibility index (Phi) is 4.66. The molecule has 1 aromatic rings. The number of rotatable bonds is 6. The highest BCUT2D eigenvalue weighted by Gasteiger charge is 2.32. The van der Waals surface area contributed by atoms with E-state index in [2.05, 4.69) is 34.6 Å². The van der Waals surface area contributed by atoms with Gasteiger partial charge in [0, 0.05) is 19.1 Å². The van der Waals surface area contributed by atoms with Crippen LogP contribution in [0.2, 0.25) is 0 Å². The van der Waals surface area contributed by atoms with Crippen LogP contribution < -0.4 is 5.32 Å². The number of hydrogen-bond acceptors (Lipinski definition) is 5. The molecule has 1 aromatic heterocycles.